The smallest absolute Gasteiger partial charge is 0.326 e. The van der Waals surface area contributed by atoms with Crippen molar-refractivity contribution in [2.45, 2.75) is 39.7 Å². The van der Waals surface area contributed by atoms with Crippen LogP contribution in [0.25, 0.3) is 0 Å². The first kappa shape index (κ1) is 14.1. The van der Waals surface area contributed by atoms with Crippen LogP contribution in [0, 0.1) is 5.92 Å². The van der Waals surface area contributed by atoms with E-state index in [-0.39, 0.29) is 11.7 Å². The Morgan fingerprint density at radius 1 is 1.44 bits per heavy atom. The van der Waals surface area contributed by atoms with Crippen molar-refractivity contribution < 1.29 is 14.7 Å². The molecule has 0 saturated heterocycles. The number of nitrogens with one attached hydrogen (secondary N) is 2. The molecule has 7 heteroatoms. The number of carboxylic acids is 1. The number of rotatable bonds is 6. The van der Waals surface area contributed by atoms with Gasteiger partial charge in [0, 0.05) is 6.42 Å². The molecule has 0 aromatic carbocycles. The molecule has 1 aromatic heterocycles. The number of aromatic amines is 1. The van der Waals surface area contributed by atoms with E-state index < -0.39 is 17.9 Å². The first-order valence-corrected chi connectivity index (χ1v) is 5.89. The summed E-state index contributed by atoms with van der Waals surface area (Å²) in [4.78, 5) is 26.7. The monoisotopic (exact) mass is 254 g/mol. The maximum atomic E-state index is 11.8. The zero-order valence-electron chi connectivity index (χ0n) is 10.7. The van der Waals surface area contributed by atoms with Crippen LogP contribution in [0.5, 0.6) is 0 Å². The summed E-state index contributed by atoms with van der Waals surface area (Å²) in [5.41, 5.74) is 0. The molecule has 0 unspecified atom stereocenters. The fourth-order valence-corrected chi connectivity index (χ4v) is 1.47. The highest BCUT2D eigenvalue weighted by Crippen LogP contribution is 2.05. The van der Waals surface area contributed by atoms with Gasteiger partial charge >= 0.3 is 5.97 Å². The molecule has 0 saturated carbocycles. The number of nitrogens with zero attached hydrogens (tertiary/aromatic N) is 2. The molecule has 0 aliphatic heterocycles. The lowest BCUT2D eigenvalue weighted by Gasteiger charge is -2.15. The molecular weight excluding hydrogens is 236 g/mol. The number of amides is 1. The zero-order chi connectivity index (χ0) is 13.7. The third kappa shape index (κ3) is 3.83. The number of aromatic nitrogens is 3. The largest absolute Gasteiger partial charge is 0.480 e. The maximum Gasteiger partial charge on any atom is 0.326 e. The van der Waals surface area contributed by atoms with Gasteiger partial charge in [0.1, 0.15) is 11.9 Å². The van der Waals surface area contributed by atoms with Gasteiger partial charge in [0.05, 0.1) is 0 Å². The second-order valence-corrected chi connectivity index (χ2v) is 4.45. The maximum absolute atomic E-state index is 11.8. The minimum atomic E-state index is -1.05. The Kier molecular flexibility index (Phi) is 4.82. The lowest BCUT2D eigenvalue weighted by atomic mass is 10.0. The molecule has 7 nitrogen and oxygen atoms in total. The van der Waals surface area contributed by atoms with Gasteiger partial charge in [-0.2, -0.15) is 0 Å². The quantitative estimate of drug-likeness (QED) is 0.688. The predicted octanol–water partition coefficient (Wildman–Crippen LogP) is 0.596. The second kappa shape index (κ2) is 6.13. The highest BCUT2D eigenvalue weighted by atomic mass is 16.4. The molecular formula is C11H18N4O3. The third-order valence-electron chi connectivity index (χ3n) is 2.38. The van der Waals surface area contributed by atoms with Gasteiger partial charge in [-0.05, 0) is 12.3 Å². The molecule has 1 atom stereocenters. The van der Waals surface area contributed by atoms with Crippen molar-refractivity contribution in [1.82, 2.24) is 20.5 Å². The number of aliphatic carboxylic acids is 1. The van der Waals surface area contributed by atoms with Crippen molar-refractivity contribution in [3.8, 4) is 0 Å². The van der Waals surface area contributed by atoms with Crippen LogP contribution >= 0.6 is 0 Å². The molecule has 100 valence electrons. The van der Waals surface area contributed by atoms with Gasteiger partial charge in [-0.1, -0.05) is 20.8 Å². The van der Waals surface area contributed by atoms with E-state index in [4.69, 9.17) is 5.11 Å². The Balaban J connectivity index is 2.69. The van der Waals surface area contributed by atoms with E-state index in [1.807, 2.05) is 20.8 Å². The van der Waals surface area contributed by atoms with E-state index >= 15 is 0 Å². The first-order valence-electron chi connectivity index (χ1n) is 5.89. The van der Waals surface area contributed by atoms with Crippen LogP contribution in [-0.2, 0) is 11.2 Å². The molecule has 0 radical (unpaired) electrons. The third-order valence-corrected chi connectivity index (χ3v) is 2.38. The topological polar surface area (TPSA) is 108 Å². The lowest BCUT2D eigenvalue weighted by Crippen LogP contribution is -2.42. The van der Waals surface area contributed by atoms with Crippen LogP contribution in [0.1, 0.15) is 43.6 Å². The molecule has 1 amide bonds. The number of carbonyl (C=O) groups is 2. The van der Waals surface area contributed by atoms with Gasteiger partial charge in [-0.3, -0.25) is 9.89 Å². The number of aryl methyl sites for hydroxylation is 1. The Labute approximate surface area is 105 Å². The van der Waals surface area contributed by atoms with Crippen LogP contribution in [0.15, 0.2) is 0 Å². The molecule has 1 rings (SSSR count). The molecule has 0 spiro atoms. The van der Waals surface area contributed by atoms with Gasteiger partial charge in [0.15, 0.2) is 0 Å². The highest BCUT2D eigenvalue weighted by molar-refractivity contribution is 5.93. The first-order chi connectivity index (χ1) is 8.43. The summed E-state index contributed by atoms with van der Waals surface area (Å²) in [6.45, 7) is 5.66. The van der Waals surface area contributed by atoms with Crippen LogP contribution in [0.4, 0.5) is 0 Å². The van der Waals surface area contributed by atoms with Crippen molar-refractivity contribution in [1.29, 1.82) is 0 Å². The SMILES string of the molecule is CCc1nc(C(=O)N[C@H](CC(C)C)C(=O)O)n[nH]1. The van der Waals surface area contributed by atoms with Crippen LogP contribution in [0.3, 0.4) is 0 Å². The standard InChI is InChI=1S/C11H18N4O3/c1-4-8-13-9(15-14-8)10(16)12-7(11(17)18)5-6(2)3/h6-7H,4-5H2,1-3H3,(H,12,16)(H,17,18)(H,13,14,15)/t7-/m1/s1. The molecule has 0 aliphatic rings. The number of carbonyl (C=O) groups excluding carboxylic acids is 1. The lowest BCUT2D eigenvalue weighted by molar-refractivity contribution is -0.139. The molecule has 0 aliphatic carbocycles. The summed E-state index contributed by atoms with van der Waals surface area (Å²) in [5, 5.41) is 17.8. The van der Waals surface area contributed by atoms with Crippen molar-refractivity contribution in [2.24, 2.45) is 5.92 Å². The van der Waals surface area contributed by atoms with Gasteiger partial charge in [0.25, 0.3) is 5.91 Å². The molecule has 1 heterocycles. The van der Waals surface area contributed by atoms with E-state index in [9.17, 15) is 9.59 Å². The molecule has 1 aromatic rings. The fraction of sp³-hybridized carbons (Fsp3) is 0.636. The van der Waals surface area contributed by atoms with Gasteiger partial charge in [-0.15, -0.1) is 5.10 Å². The summed E-state index contributed by atoms with van der Waals surface area (Å²) in [7, 11) is 0. The molecule has 3 N–H and O–H groups in total. The average Bonchev–Trinajstić information content (AvgIpc) is 2.75. The van der Waals surface area contributed by atoms with Gasteiger partial charge < -0.3 is 10.4 Å². The predicted molar refractivity (Wildman–Crippen MR) is 64.1 cm³/mol. The van der Waals surface area contributed by atoms with Crippen molar-refractivity contribution in [3.63, 3.8) is 0 Å². The Hall–Kier alpha value is -1.92. The molecule has 0 bridgehead atoms. The summed E-state index contributed by atoms with van der Waals surface area (Å²) in [5.74, 6) is -0.884. The van der Waals surface area contributed by atoms with Crippen molar-refractivity contribution in [2.75, 3.05) is 0 Å². The number of H-pyrrole nitrogens is 1. The Morgan fingerprint density at radius 2 is 2.11 bits per heavy atom. The van der Waals surface area contributed by atoms with Crippen molar-refractivity contribution in [3.05, 3.63) is 11.6 Å². The zero-order valence-corrected chi connectivity index (χ0v) is 10.7. The number of hydrogen-bond acceptors (Lipinski definition) is 4. The van der Waals surface area contributed by atoms with Crippen LogP contribution < -0.4 is 5.32 Å². The molecule has 18 heavy (non-hydrogen) atoms. The minimum Gasteiger partial charge on any atom is -0.480 e. The van der Waals surface area contributed by atoms with E-state index in [1.165, 1.54) is 0 Å². The molecule has 0 fully saturated rings. The van der Waals surface area contributed by atoms with Crippen LogP contribution in [-0.4, -0.2) is 38.2 Å². The Bertz CT molecular complexity index is 428. The summed E-state index contributed by atoms with van der Waals surface area (Å²) < 4.78 is 0. The van der Waals surface area contributed by atoms with Gasteiger partial charge in [-0.25, -0.2) is 9.78 Å². The summed E-state index contributed by atoms with van der Waals surface area (Å²) >= 11 is 0. The van der Waals surface area contributed by atoms with Gasteiger partial charge in [0.2, 0.25) is 5.82 Å². The number of carboxylic acid groups (broad SMARTS) is 1. The summed E-state index contributed by atoms with van der Waals surface area (Å²) in [6, 6.07) is -0.916. The minimum absolute atomic E-state index is 0.0261. The highest BCUT2D eigenvalue weighted by Gasteiger charge is 2.23. The van der Waals surface area contributed by atoms with E-state index in [0.717, 1.165) is 0 Å². The van der Waals surface area contributed by atoms with Crippen molar-refractivity contribution >= 4 is 11.9 Å². The summed E-state index contributed by atoms with van der Waals surface area (Å²) in [6.07, 6.45) is 1.00. The van der Waals surface area contributed by atoms with E-state index in [0.29, 0.717) is 18.7 Å². The van der Waals surface area contributed by atoms with E-state index in [2.05, 4.69) is 20.5 Å². The fourth-order valence-electron chi connectivity index (χ4n) is 1.47. The normalized spacial score (nSPS) is 12.4. The van der Waals surface area contributed by atoms with Crippen LogP contribution in [0.2, 0.25) is 0 Å². The average molecular weight is 254 g/mol. The number of hydrogen-bond donors (Lipinski definition) is 3. The van der Waals surface area contributed by atoms with E-state index in [1.54, 1.807) is 0 Å². The Morgan fingerprint density at radius 3 is 2.56 bits per heavy atom. The second-order valence-electron chi connectivity index (χ2n) is 4.45.